The molecule has 1 saturated heterocycles. The van der Waals surface area contributed by atoms with Crippen molar-refractivity contribution < 1.29 is 5.11 Å². The molecule has 0 radical (unpaired) electrons. The first-order chi connectivity index (χ1) is 7.35. The molecule has 0 spiro atoms. The maximum atomic E-state index is 9.00. The lowest BCUT2D eigenvalue weighted by Gasteiger charge is -2.28. The molecule has 1 aromatic heterocycles. The number of hydrogen-bond acceptors (Lipinski definition) is 5. The molecule has 1 aromatic rings. The van der Waals surface area contributed by atoms with E-state index < -0.39 is 0 Å². The fourth-order valence-corrected chi connectivity index (χ4v) is 5.91. The molecular formula is C10H15NOS3. The lowest BCUT2D eigenvalue weighted by Crippen LogP contribution is -2.18. The minimum atomic E-state index is 0.0673. The van der Waals surface area contributed by atoms with Crippen LogP contribution in [0, 0.1) is 0 Å². The Bertz CT molecular complexity index is 315. The Hall–Kier alpha value is 0.290. The van der Waals surface area contributed by atoms with Gasteiger partial charge >= 0.3 is 0 Å². The molecule has 5 heteroatoms. The minimum Gasteiger partial charge on any atom is -0.390 e. The standard InChI is InChI=1S/C10H15NOS3/c1-2-8-9(14-4-3-13-8)10-11-7(5-12)6-15-10/h6,8-9,12H,2-5H2,1H3. The second-order valence-corrected chi connectivity index (χ2v) is 6.93. The van der Waals surface area contributed by atoms with Crippen LogP contribution in [0.5, 0.6) is 0 Å². The summed E-state index contributed by atoms with van der Waals surface area (Å²) in [5.74, 6) is 2.48. The van der Waals surface area contributed by atoms with Gasteiger partial charge in [-0.25, -0.2) is 4.98 Å². The van der Waals surface area contributed by atoms with E-state index in [1.807, 2.05) is 17.1 Å². The first-order valence-corrected chi connectivity index (χ1v) is 8.11. The highest BCUT2D eigenvalue weighted by molar-refractivity contribution is 8.06. The van der Waals surface area contributed by atoms with Crippen molar-refractivity contribution in [3.05, 3.63) is 16.1 Å². The third-order valence-electron chi connectivity index (χ3n) is 2.43. The zero-order valence-electron chi connectivity index (χ0n) is 8.68. The molecule has 1 aliphatic heterocycles. The van der Waals surface area contributed by atoms with Crippen molar-refractivity contribution >= 4 is 34.9 Å². The summed E-state index contributed by atoms with van der Waals surface area (Å²) >= 11 is 5.78. The van der Waals surface area contributed by atoms with Gasteiger partial charge in [-0.15, -0.1) is 23.1 Å². The Morgan fingerprint density at radius 1 is 1.47 bits per heavy atom. The van der Waals surface area contributed by atoms with E-state index in [2.05, 4.69) is 23.7 Å². The fraction of sp³-hybridized carbons (Fsp3) is 0.700. The number of hydrogen-bond donors (Lipinski definition) is 1. The van der Waals surface area contributed by atoms with Gasteiger partial charge in [-0.3, -0.25) is 0 Å². The summed E-state index contributed by atoms with van der Waals surface area (Å²) in [5.41, 5.74) is 0.820. The maximum Gasteiger partial charge on any atom is 0.107 e. The van der Waals surface area contributed by atoms with E-state index >= 15 is 0 Å². The third kappa shape index (κ3) is 2.70. The number of aliphatic hydroxyl groups excluding tert-OH is 1. The van der Waals surface area contributed by atoms with E-state index in [4.69, 9.17) is 5.11 Å². The van der Waals surface area contributed by atoms with E-state index in [9.17, 15) is 0 Å². The first kappa shape index (κ1) is 11.8. The Kier molecular flexibility index (Phi) is 4.37. The summed E-state index contributed by atoms with van der Waals surface area (Å²) in [7, 11) is 0. The summed E-state index contributed by atoms with van der Waals surface area (Å²) in [6, 6.07) is 0. The molecule has 1 N–H and O–H groups in total. The van der Waals surface area contributed by atoms with E-state index in [1.54, 1.807) is 11.3 Å². The number of rotatable bonds is 3. The van der Waals surface area contributed by atoms with E-state index in [0.717, 1.165) is 5.69 Å². The molecule has 84 valence electrons. The molecule has 2 unspecified atom stereocenters. The van der Waals surface area contributed by atoms with E-state index in [-0.39, 0.29) is 6.61 Å². The van der Waals surface area contributed by atoms with Crippen molar-refractivity contribution in [3.63, 3.8) is 0 Å². The zero-order valence-corrected chi connectivity index (χ0v) is 11.1. The molecule has 15 heavy (non-hydrogen) atoms. The molecule has 2 heterocycles. The largest absolute Gasteiger partial charge is 0.390 e. The molecule has 1 fully saturated rings. The van der Waals surface area contributed by atoms with Gasteiger partial charge in [-0.2, -0.15) is 11.8 Å². The molecule has 2 atom stereocenters. The van der Waals surface area contributed by atoms with Crippen LogP contribution < -0.4 is 0 Å². The van der Waals surface area contributed by atoms with Gasteiger partial charge in [0.05, 0.1) is 17.6 Å². The fourth-order valence-electron chi connectivity index (χ4n) is 1.66. The average Bonchev–Trinajstić information content (AvgIpc) is 2.77. The molecule has 0 aliphatic carbocycles. The number of aromatic nitrogens is 1. The summed E-state index contributed by atoms with van der Waals surface area (Å²) in [5, 5.41) is 13.4. The summed E-state index contributed by atoms with van der Waals surface area (Å²) in [6.45, 7) is 2.31. The second kappa shape index (κ2) is 5.57. The highest BCUT2D eigenvalue weighted by Crippen LogP contribution is 2.44. The molecule has 2 nitrogen and oxygen atoms in total. The number of nitrogens with zero attached hydrogens (tertiary/aromatic N) is 1. The van der Waals surface area contributed by atoms with Crippen LogP contribution in [0.3, 0.4) is 0 Å². The highest BCUT2D eigenvalue weighted by Gasteiger charge is 2.28. The zero-order chi connectivity index (χ0) is 10.7. The maximum absolute atomic E-state index is 9.00. The Morgan fingerprint density at radius 2 is 2.27 bits per heavy atom. The Balaban J connectivity index is 2.12. The van der Waals surface area contributed by atoms with Crippen LogP contribution in [0.25, 0.3) is 0 Å². The molecule has 1 aliphatic rings. The first-order valence-electron chi connectivity index (χ1n) is 5.13. The van der Waals surface area contributed by atoms with Crippen molar-refractivity contribution in [3.8, 4) is 0 Å². The summed E-state index contributed by atoms with van der Waals surface area (Å²) in [6.07, 6.45) is 1.20. The summed E-state index contributed by atoms with van der Waals surface area (Å²) in [4.78, 5) is 4.48. The van der Waals surface area contributed by atoms with Gasteiger partial charge in [0.25, 0.3) is 0 Å². The van der Waals surface area contributed by atoms with Crippen LogP contribution in [-0.4, -0.2) is 26.8 Å². The Morgan fingerprint density at radius 3 is 2.93 bits per heavy atom. The SMILES string of the molecule is CCC1SCCSC1c1nc(CO)cs1. The predicted octanol–water partition coefficient (Wildman–Crippen LogP) is 2.94. The minimum absolute atomic E-state index is 0.0673. The van der Waals surface area contributed by atoms with Crippen molar-refractivity contribution in [1.29, 1.82) is 0 Å². The quantitative estimate of drug-likeness (QED) is 0.907. The topological polar surface area (TPSA) is 33.1 Å². The molecular weight excluding hydrogens is 246 g/mol. The smallest absolute Gasteiger partial charge is 0.107 e. The van der Waals surface area contributed by atoms with Crippen LogP contribution in [0.4, 0.5) is 0 Å². The summed E-state index contributed by atoms with van der Waals surface area (Å²) < 4.78 is 0. The average molecular weight is 261 g/mol. The van der Waals surface area contributed by atoms with Gasteiger partial charge in [0.1, 0.15) is 5.01 Å². The third-order valence-corrected chi connectivity index (χ3v) is 6.81. The van der Waals surface area contributed by atoms with Gasteiger partial charge in [-0.1, -0.05) is 6.92 Å². The highest BCUT2D eigenvalue weighted by atomic mass is 32.2. The van der Waals surface area contributed by atoms with Crippen LogP contribution in [0.1, 0.15) is 29.3 Å². The van der Waals surface area contributed by atoms with Crippen molar-refractivity contribution in [2.24, 2.45) is 0 Å². The molecule has 2 rings (SSSR count). The van der Waals surface area contributed by atoms with Crippen molar-refractivity contribution in [2.45, 2.75) is 30.5 Å². The van der Waals surface area contributed by atoms with Crippen LogP contribution in [0.2, 0.25) is 0 Å². The predicted molar refractivity (Wildman–Crippen MR) is 69.8 cm³/mol. The molecule has 0 amide bonds. The normalized spacial score (nSPS) is 26.8. The van der Waals surface area contributed by atoms with Crippen LogP contribution >= 0.6 is 34.9 Å². The van der Waals surface area contributed by atoms with Crippen LogP contribution in [-0.2, 0) is 6.61 Å². The molecule has 0 aromatic carbocycles. The lowest BCUT2D eigenvalue weighted by molar-refractivity contribution is 0.277. The molecule has 0 saturated carbocycles. The second-order valence-electron chi connectivity index (χ2n) is 3.44. The van der Waals surface area contributed by atoms with Gasteiger partial charge in [0.15, 0.2) is 0 Å². The van der Waals surface area contributed by atoms with Gasteiger partial charge in [0.2, 0.25) is 0 Å². The Labute approximate surface area is 103 Å². The monoisotopic (exact) mass is 261 g/mol. The number of thioether (sulfide) groups is 2. The lowest BCUT2D eigenvalue weighted by atomic mass is 10.2. The number of aliphatic hydroxyl groups is 1. The molecule has 0 bridgehead atoms. The van der Waals surface area contributed by atoms with E-state index in [1.165, 1.54) is 22.9 Å². The number of thiazole rings is 1. The van der Waals surface area contributed by atoms with Gasteiger partial charge < -0.3 is 5.11 Å². The van der Waals surface area contributed by atoms with Crippen molar-refractivity contribution in [2.75, 3.05) is 11.5 Å². The van der Waals surface area contributed by atoms with Crippen LogP contribution in [0.15, 0.2) is 5.38 Å². The van der Waals surface area contributed by atoms with Gasteiger partial charge in [0, 0.05) is 22.1 Å². The van der Waals surface area contributed by atoms with Gasteiger partial charge in [-0.05, 0) is 6.42 Å². The van der Waals surface area contributed by atoms with E-state index in [0.29, 0.717) is 10.5 Å². The van der Waals surface area contributed by atoms with Crippen molar-refractivity contribution in [1.82, 2.24) is 4.98 Å².